The van der Waals surface area contributed by atoms with Gasteiger partial charge in [-0.1, -0.05) is 42.5 Å². The van der Waals surface area contributed by atoms with E-state index < -0.39 is 43.1 Å². The van der Waals surface area contributed by atoms with Crippen LogP contribution in [0.3, 0.4) is 0 Å². The second-order valence-electron chi connectivity index (χ2n) is 7.75. The van der Waals surface area contributed by atoms with Crippen LogP contribution >= 0.6 is 0 Å². The van der Waals surface area contributed by atoms with Gasteiger partial charge >= 0.3 is 5.97 Å². The van der Waals surface area contributed by atoms with Crippen LogP contribution in [0, 0.1) is 0 Å². The largest absolute Gasteiger partial charge is 0.478 e. The maximum Gasteiger partial charge on any atom is 0.336 e. The van der Waals surface area contributed by atoms with Crippen molar-refractivity contribution >= 4 is 38.3 Å². The topological polar surface area (TPSA) is 127 Å². The van der Waals surface area contributed by atoms with Crippen LogP contribution in [0.2, 0.25) is 0 Å². The van der Waals surface area contributed by atoms with Gasteiger partial charge in [-0.2, -0.15) is 0 Å². The zero-order chi connectivity index (χ0) is 21.2. The van der Waals surface area contributed by atoms with Gasteiger partial charge < -0.3 is 30.3 Å². The van der Waals surface area contributed by atoms with E-state index in [4.69, 9.17) is 4.74 Å². The van der Waals surface area contributed by atoms with E-state index in [1.54, 1.807) is 12.1 Å². The van der Waals surface area contributed by atoms with Crippen LogP contribution in [-0.4, -0.2) is 62.5 Å². The number of carboxylic acids is 1. The molecule has 0 radical (unpaired) electrons. The average molecular weight is 408 g/mol. The second-order valence-corrected chi connectivity index (χ2v) is 7.75. The van der Waals surface area contributed by atoms with Gasteiger partial charge in [0, 0.05) is 0 Å². The predicted octanol–water partition coefficient (Wildman–Crippen LogP) is 1.80. The van der Waals surface area contributed by atoms with E-state index in [-0.39, 0.29) is 11.1 Å². The standard InChI is InChI=1S/C23H20O7/c24-9-15-19(25)20(26)21(27)22(30-15)14-8-12-5-4-10-2-1-3-11-6-7-13(17(12)16(10)11)18(14)23(28)29/h1-8,15,19-22,24-27H,9H2,(H,28,29)/t15-,19-,20+,21-,22-/m1/s1. The van der Waals surface area contributed by atoms with Crippen molar-refractivity contribution in [2.45, 2.75) is 30.5 Å². The third kappa shape index (κ3) is 2.61. The normalized spacial score (nSPS) is 27.3. The molecule has 0 aliphatic carbocycles. The van der Waals surface area contributed by atoms with Crippen LogP contribution in [0.5, 0.6) is 0 Å². The van der Waals surface area contributed by atoms with Crippen molar-refractivity contribution in [2.75, 3.05) is 6.61 Å². The molecule has 5 rings (SSSR count). The number of aromatic carboxylic acids is 1. The highest BCUT2D eigenvalue weighted by Crippen LogP contribution is 2.42. The van der Waals surface area contributed by atoms with Crippen molar-refractivity contribution in [1.29, 1.82) is 0 Å². The summed E-state index contributed by atoms with van der Waals surface area (Å²) in [6.07, 6.45) is -7.02. The highest BCUT2D eigenvalue weighted by molar-refractivity contribution is 6.26. The van der Waals surface area contributed by atoms with E-state index >= 15 is 0 Å². The molecule has 1 aliphatic rings. The van der Waals surface area contributed by atoms with Crippen molar-refractivity contribution in [3.63, 3.8) is 0 Å². The number of hydrogen-bond acceptors (Lipinski definition) is 6. The van der Waals surface area contributed by atoms with Gasteiger partial charge in [0.2, 0.25) is 0 Å². The van der Waals surface area contributed by atoms with E-state index in [1.165, 1.54) is 0 Å². The Bertz CT molecular complexity index is 1250. The van der Waals surface area contributed by atoms with Gasteiger partial charge in [0.05, 0.1) is 12.2 Å². The molecular formula is C23H20O7. The fourth-order valence-corrected chi connectivity index (χ4v) is 4.65. The van der Waals surface area contributed by atoms with E-state index in [2.05, 4.69) is 0 Å². The molecule has 0 spiro atoms. The summed E-state index contributed by atoms with van der Waals surface area (Å²) in [4.78, 5) is 12.3. The Kier molecular flexibility index (Phi) is 4.39. The highest BCUT2D eigenvalue weighted by Gasteiger charge is 2.45. The van der Waals surface area contributed by atoms with Crippen LogP contribution in [0.15, 0.2) is 48.5 Å². The summed E-state index contributed by atoms with van der Waals surface area (Å²) in [5, 5.41) is 55.4. The molecule has 30 heavy (non-hydrogen) atoms. The lowest BCUT2D eigenvalue weighted by atomic mass is 9.84. The van der Waals surface area contributed by atoms with E-state index in [9.17, 15) is 30.3 Å². The number of aliphatic hydroxyl groups is 4. The number of rotatable bonds is 3. The van der Waals surface area contributed by atoms with Gasteiger partial charge in [0.15, 0.2) is 0 Å². The Balaban J connectivity index is 1.82. The van der Waals surface area contributed by atoms with Gasteiger partial charge in [0.1, 0.15) is 30.5 Å². The molecule has 4 aromatic rings. The number of hydrogen-bond donors (Lipinski definition) is 5. The van der Waals surface area contributed by atoms with Crippen LogP contribution in [0.4, 0.5) is 0 Å². The van der Waals surface area contributed by atoms with E-state index in [0.29, 0.717) is 5.39 Å². The summed E-state index contributed by atoms with van der Waals surface area (Å²) in [6, 6.07) is 14.9. The van der Waals surface area contributed by atoms with Crippen molar-refractivity contribution in [3.8, 4) is 0 Å². The average Bonchev–Trinajstić information content (AvgIpc) is 2.75. The number of carboxylic acid groups (broad SMARTS) is 1. The zero-order valence-electron chi connectivity index (χ0n) is 15.8. The molecule has 1 saturated heterocycles. The van der Waals surface area contributed by atoms with Crippen LogP contribution in [0.1, 0.15) is 22.0 Å². The molecule has 154 valence electrons. The molecule has 0 aromatic heterocycles. The first-order valence-corrected chi connectivity index (χ1v) is 9.66. The molecular weight excluding hydrogens is 388 g/mol. The van der Waals surface area contributed by atoms with E-state index in [1.807, 2.05) is 36.4 Å². The summed E-state index contributed by atoms with van der Waals surface area (Å²) in [6.45, 7) is -0.585. The maximum absolute atomic E-state index is 12.3. The van der Waals surface area contributed by atoms with Crippen molar-refractivity contribution < 1.29 is 35.1 Å². The van der Waals surface area contributed by atoms with Crippen LogP contribution in [0.25, 0.3) is 32.3 Å². The smallest absolute Gasteiger partial charge is 0.336 e. The van der Waals surface area contributed by atoms with Crippen LogP contribution < -0.4 is 0 Å². The molecule has 0 amide bonds. The van der Waals surface area contributed by atoms with Crippen molar-refractivity contribution in [3.05, 3.63) is 59.7 Å². The first-order valence-electron chi connectivity index (χ1n) is 9.66. The summed E-state index contributed by atoms with van der Waals surface area (Å²) in [5.74, 6) is -1.19. The Hall–Kier alpha value is -2.81. The highest BCUT2D eigenvalue weighted by atomic mass is 16.5. The number of aliphatic hydroxyl groups excluding tert-OH is 4. The minimum absolute atomic E-state index is 0.0370. The number of ether oxygens (including phenoxy) is 1. The van der Waals surface area contributed by atoms with Gasteiger partial charge in [-0.05, 0) is 43.9 Å². The Morgan fingerprint density at radius 2 is 1.53 bits per heavy atom. The first-order chi connectivity index (χ1) is 14.4. The molecule has 1 fully saturated rings. The molecule has 4 aromatic carbocycles. The third-order valence-electron chi connectivity index (χ3n) is 6.09. The minimum Gasteiger partial charge on any atom is -0.478 e. The third-order valence-corrected chi connectivity index (χ3v) is 6.09. The molecule has 0 saturated carbocycles. The monoisotopic (exact) mass is 408 g/mol. The zero-order valence-corrected chi connectivity index (χ0v) is 15.8. The van der Waals surface area contributed by atoms with Gasteiger partial charge in [0.25, 0.3) is 0 Å². The molecule has 7 nitrogen and oxygen atoms in total. The second kappa shape index (κ2) is 6.87. The lowest BCUT2D eigenvalue weighted by Crippen LogP contribution is -2.55. The van der Waals surface area contributed by atoms with Crippen molar-refractivity contribution in [1.82, 2.24) is 0 Å². The first kappa shape index (κ1) is 19.2. The van der Waals surface area contributed by atoms with Gasteiger partial charge in [-0.25, -0.2) is 4.79 Å². The minimum atomic E-state index is -1.59. The van der Waals surface area contributed by atoms with Gasteiger partial charge in [-0.15, -0.1) is 0 Å². The molecule has 5 atom stereocenters. The van der Waals surface area contributed by atoms with Crippen molar-refractivity contribution in [2.24, 2.45) is 0 Å². The molecule has 0 bridgehead atoms. The molecule has 1 aliphatic heterocycles. The molecule has 1 heterocycles. The summed E-state index contributed by atoms with van der Waals surface area (Å²) < 4.78 is 5.66. The fourth-order valence-electron chi connectivity index (χ4n) is 4.65. The van der Waals surface area contributed by atoms with Crippen LogP contribution in [-0.2, 0) is 4.74 Å². The maximum atomic E-state index is 12.3. The number of carbonyl (C=O) groups is 1. The van der Waals surface area contributed by atoms with E-state index in [0.717, 1.165) is 26.9 Å². The quantitative estimate of drug-likeness (QED) is 0.327. The fraction of sp³-hybridized carbons (Fsp3) is 0.261. The summed E-state index contributed by atoms with van der Waals surface area (Å²) in [7, 11) is 0. The SMILES string of the molecule is O=C(O)c1c([C@H]2O[C@H](CO)[C@@H](O)[C@H](O)[C@H]2O)cc2ccc3cccc4ccc1c2c34. The lowest BCUT2D eigenvalue weighted by molar-refractivity contribution is -0.231. The predicted molar refractivity (Wildman–Crippen MR) is 110 cm³/mol. The Morgan fingerprint density at radius 3 is 2.20 bits per heavy atom. The lowest BCUT2D eigenvalue weighted by Gasteiger charge is -2.40. The Labute approximate surface area is 170 Å². The summed E-state index contributed by atoms with van der Waals surface area (Å²) in [5.41, 5.74) is 0.148. The molecule has 7 heteroatoms. The summed E-state index contributed by atoms with van der Waals surface area (Å²) >= 11 is 0. The number of benzene rings is 4. The van der Waals surface area contributed by atoms with Gasteiger partial charge in [-0.3, -0.25) is 0 Å². The molecule has 5 N–H and O–H groups in total. The molecule has 0 unspecified atom stereocenters. The Morgan fingerprint density at radius 1 is 0.867 bits per heavy atom.